The molecule has 2 bridgehead atoms. The lowest BCUT2D eigenvalue weighted by molar-refractivity contribution is -0.129. The van der Waals surface area contributed by atoms with Gasteiger partial charge in [-0.25, -0.2) is 4.90 Å². The van der Waals surface area contributed by atoms with Crippen molar-refractivity contribution in [2.75, 3.05) is 12.0 Å². The number of amides is 2. The molecule has 0 N–H and O–H groups in total. The van der Waals surface area contributed by atoms with E-state index in [2.05, 4.69) is 0 Å². The van der Waals surface area contributed by atoms with Crippen molar-refractivity contribution in [3.8, 4) is 11.8 Å². The van der Waals surface area contributed by atoms with Crippen LogP contribution in [0.15, 0.2) is 18.2 Å². The van der Waals surface area contributed by atoms with Crippen LogP contribution in [0.4, 0.5) is 5.69 Å². The Morgan fingerprint density at radius 3 is 2.29 bits per heavy atom. The first kappa shape index (κ1) is 15.2. The van der Waals surface area contributed by atoms with Crippen molar-refractivity contribution in [2.24, 2.45) is 11.8 Å². The van der Waals surface area contributed by atoms with E-state index in [1.165, 1.54) is 12.0 Å². The van der Waals surface area contributed by atoms with Crippen molar-refractivity contribution < 1.29 is 19.1 Å². The van der Waals surface area contributed by atoms with Crippen LogP contribution in [0, 0.1) is 23.2 Å². The number of hydrogen-bond acceptors (Lipinski definition) is 5. The smallest absolute Gasteiger partial charge is 0.240 e. The second-order valence-electron chi connectivity index (χ2n) is 7.19. The minimum absolute atomic E-state index is 0.220. The topological polar surface area (TPSA) is 79.6 Å². The maximum Gasteiger partial charge on any atom is 0.240 e. The number of nitriles is 1. The Labute approximate surface area is 139 Å². The van der Waals surface area contributed by atoms with E-state index in [9.17, 15) is 9.59 Å². The number of fused-ring (bicyclic) bond motifs is 5. The Morgan fingerprint density at radius 2 is 1.79 bits per heavy atom. The van der Waals surface area contributed by atoms with Gasteiger partial charge >= 0.3 is 0 Å². The molecular weight excluding hydrogens is 308 g/mol. The van der Waals surface area contributed by atoms with E-state index in [0.717, 1.165) is 12.8 Å². The van der Waals surface area contributed by atoms with Gasteiger partial charge < -0.3 is 9.47 Å². The summed E-state index contributed by atoms with van der Waals surface area (Å²) in [6.07, 6.45) is 1.57. The highest BCUT2D eigenvalue weighted by atomic mass is 16.5. The van der Waals surface area contributed by atoms with E-state index < -0.39 is 23.0 Å². The maximum atomic E-state index is 13.0. The predicted octanol–water partition coefficient (Wildman–Crippen LogP) is 2.01. The van der Waals surface area contributed by atoms with Crippen molar-refractivity contribution in [1.82, 2.24) is 0 Å². The van der Waals surface area contributed by atoms with Crippen molar-refractivity contribution in [1.29, 1.82) is 5.26 Å². The summed E-state index contributed by atoms with van der Waals surface area (Å²) in [6, 6.07) is 6.78. The molecular formula is C18H18N2O4. The lowest BCUT2D eigenvalue weighted by Gasteiger charge is -2.27. The molecule has 1 aromatic carbocycles. The molecule has 124 valence electrons. The van der Waals surface area contributed by atoms with Gasteiger partial charge in [-0.1, -0.05) is 0 Å². The molecule has 0 aromatic heterocycles. The zero-order valence-electron chi connectivity index (χ0n) is 13.8. The Hall–Kier alpha value is -2.39. The summed E-state index contributed by atoms with van der Waals surface area (Å²) >= 11 is 0. The Bertz CT molecular complexity index is 780. The van der Waals surface area contributed by atoms with E-state index >= 15 is 0 Å². The van der Waals surface area contributed by atoms with E-state index in [1.54, 1.807) is 18.2 Å². The number of benzene rings is 1. The number of hydrogen-bond donors (Lipinski definition) is 0. The zero-order valence-corrected chi connectivity index (χ0v) is 13.8. The van der Waals surface area contributed by atoms with Gasteiger partial charge in [-0.3, -0.25) is 9.59 Å². The standard InChI is InChI=1S/C18H18N2O4/c1-17-6-7-18(2,24-17)14-13(17)15(21)20(16(14)22)11-5-4-10(9-19)12(8-11)23-3/h4-5,8,13-14H,6-7H2,1-3H3/t13-,14?,17+,18-/m0/s1. The monoisotopic (exact) mass is 326 g/mol. The summed E-state index contributed by atoms with van der Waals surface area (Å²) < 4.78 is 11.3. The van der Waals surface area contributed by atoms with Crippen LogP contribution in [0.2, 0.25) is 0 Å². The van der Waals surface area contributed by atoms with Crippen LogP contribution in [0.25, 0.3) is 0 Å². The average Bonchev–Trinajstić information content (AvgIpc) is 3.11. The summed E-state index contributed by atoms with van der Waals surface area (Å²) in [5.74, 6) is -0.967. The second-order valence-corrected chi connectivity index (χ2v) is 7.19. The van der Waals surface area contributed by atoms with Crippen LogP contribution in [-0.4, -0.2) is 30.1 Å². The second kappa shape index (κ2) is 4.58. The number of imide groups is 1. The fraction of sp³-hybridized carbons (Fsp3) is 0.500. The molecule has 3 heterocycles. The first-order chi connectivity index (χ1) is 11.3. The van der Waals surface area contributed by atoms with E-state index in [0.29, 0.717) is 17.0 Å². The van der Waals surface area contributed by atoms with Crippen LogP contribution in [-0.2, 0) is 14.3 Å². The number of rotatable bonds is 2. The van der Waals surface area contributed by atoms with Gasteiger partial charge in [-0.05, 0) is 38.8 Å². The first-order valence-electron chi connectivity index (χ1n) is 8.01. The van der Waals surface area contributed by atoms with Gasteiger partial charge in [0.05, 0.1) is 41.4 Å². The van der Waals surface area contributed by atoms with Gasteiger partial charge in [0.25, 0.3) is 0 Å². The molecule has 0 saturated carbocycles. The molecule has 4 rings (SSSR count). The third-order valence-electron chi connectivity index (χ3n) is 5.77. The van der Waals surface area contributed by atoms with E-state index in [1.807, 2.05) is 19.9 Å². The number of carbonyl (C=O) groups excluding carboxylic acids is 2. The zero-order chi connectivity index (χ0) is 17.3. The molecule has 0 radical (unpaired) electrons. The van der Waals surface area contributed by atoms with E-state index in [4.69, 9.17) is 14.7 Å². The largest absolute Gasteiger partial charge is 0.495 e. The van der Waals surface area contributed by atoms with Gasteiger partial charge in [0.1, 0.15) is 11.8 Å². The summed E-state index contributed by atoms with van der Waals surface area (Å²) in [6.45, 7) is 3.86. The number of methoxy groups -OCH3 is 1. The van der Waals surface area contributed by atoms with Crippen molar-refractivity contribution in [2.45, 2.75) is 37.9 Å². The van der Waals surface area contributed by atoms with Crippen molar-refractivity contribution in [3.63, 3.8) is 0 Å². The summed E-state index contributed by atoms with van der Waals surface area (Å²) in [5, 5.41) is 9.09. The highest BCUT2D eigenvalue weighted by Gasteiger charge is 2.72. The molecule has 2 amide bonds. The molecule has 6 heteroatoms. The van der Waals surface area contributed by atoms with E-state index in [-0.39, 0.29) is 11.8 Å². The normalized spacial score (nSPS) is 36.8. The quantitative estimate of drug-likeness (QED) is 0.777. The lowest BCUT2D eigenvalue weighted by atomic mass is 9.69. The lowest BCUT2D eigenvalue weighted by Crippen LogP contribution is -2.40. The fourth-order valence-electron chi connectivity index (χ4n) is 4.63. The third-order valence-corrected chi connectivity index (χ3v) is 5.77. The molecule has 24 heavy (non-hydrogen) atoms. The average molecular weight is 326 g/mol. The first-order valence-corrected chi connectivity index (χ1v) is 8.01. The van der Waals surface area contributed by atoms with Gasteiger partial charge in [0, 0.05) is 6.07 Å². The van der Waals surface area contributed by atoms with Gasteiger partial charge in [-0.15, -0.1) is 0 Å². The summed E-state index contributed by atoms with van der Waals surface area (Å²) in [7, 11) is 1.46. The van der Waals surface area contributed by atoms with Crippen molar-refractivity contribution >= 4 is 17.5 Å². The minimum atomic E-state index is -0.572. The predicted molar refractivity (Wildman–Crippen MR) is 84.3 cm³/mol. The van der Waals surface area contributed by atoms with Crippen LogP contribution in [0.1, 0.15) is 32.3 Å². The van der Waals surface area contributed by atoms with Crippen LogP contribution >= 0.6 is 0 Å². The van der Waals surface area contributed by atoms with Gasteiger partial charge in [0.15, 0.2) is 0 Å². The van der Waals surface area contributed by atoms with Gasteiger partial charge in [0.2, 0.25) is 11.8 Å². The Balaban J connectivity index is 1.78. The molecule has 4 atom stereocenters. The highest BCUT2D eigenvalue weighted by Crippen LogP contribution is 2.60. The number of nitrogens with zero attached hydrogens (tertiary/aromatic N) is 2. The molecule has 3 saturated heterocycles. The van der Waals surface area contributed by atoms with Crippen molar-refractivity contribution in [3.05, 3.63) is 23.8 Å². The van der Waals surface area contributed by atoms with Crippen LogP contribution in [0.5, 0.6) is 5.75 Å². The fourth-order valence-corrected chi connectivity index (χ4v) is 4.63. The number of anilines is 1. The number of carbonyl (C=O) groups is 2. The molecule has 3 aliphatic rings. The third kappa shape index (κ3) is 1.68. The Kier molecular flexibility index (Phi) is 2.89. The highest BCUT2D eigenvalue weighted by molar-refractivity contribution is 6.23. The molecule has 3 aliphatic heterocycles. The number of ether oxygens (including phenoxy) is 2. The molecule has 3 fully saturated rings. The molecule has 6 nitrogen and oxygen atoms in total. The molecule has 0 spiro atoms. The van der Waals surface area contributed by atoms with Crippen LogP contribution < -0.4 is 9.64 Å². The molecule has 1 aromatic rings. The Morgan fingerprint density at radius 1 is 1.21 bits per heavy atom. The molecule has 1 unspecified atom stereocenters. The SMILES string of the molecule is COc1cc(N2C(=O)C3[C@@H](C2=O)[C@@]2(C)CC[C@]3(C)O2)ccc1C#N. The van der Waals surface area contributed by atoms with Gasteiger partial charge in [-0.2, -0.15) is 5.26 Å². The maximum absolute atomic E-state index is 13.0. The minimum Gasteiger partial charge on any atom is -0.495 e. The summed E-state index contributed by atoms with van der Waals surface area (Å²) in [4.78, 5) is 27.3. The van der Waals surface area contributed by atoms with Crippen LogP contribution in [0.3, 0.4) is 0 Å². The molecule has 0 aliphatic carbocycles. The summed E-state index contributed by atoms with van der Waals surface area (Å²) in [5.41, 5.74) is -0.334.